The second-order valence-electron chi connectivity index (χ2n) is 9.85. The van der Waals surface area contributed by atoms with Crippen molar-refractivity contribution < 1.29 is 22.4 Å². The van der Waals surface area contributed by atoms with Crippen LogP contribution in [0.15, 0.2) is 40.8 Å². The van der Waals surface area contributed by atoms with Crippen LogP contribution < -0.4 is 10.6 Å². The third kappa shape index (κ3) is 4.05. The van der Waals surface area contributed by atoms with E-state index in [1.165, 1.54) is 10.9 Å². The maximum absolute atomic E-state index is 13.1. The lowest BCUT2D eigenvalue weighted by Crippen LogP contribution is -2.38. The van der Waals surface area contributed by atoms with Gasteiger partial charge in [0.15, 0.2) is 6.17 Å². The molecule has 0 bridgehead atoms. The number of rotatable bonds is 2. The van der Waals surface area contributed by atoms with E-state index in [1.54, 1.807) is 29.5 Å². The normalized spacial score (nSPS) is 20.6. The summed E-state index contributed by atoms with van der Waals surface area (Å²) in [6, 6.07) is 8.33. The van der Waals surface area contributed by atoms with Crippen molar-refractivity contribution in [3.05, 3.63) is 63.7 Å². The van der Waals surface area contributed by atoms with Crippen molar-refractivity contribution in [1.29, 1.82) is 0 Å². The van der Waals surface area contributed by atoms with Gasteiger partial charge in [0.2, 0.25) is 0 Å². The van der Waals surface area contributed by atoms with Crippen LogP contribution in [0, 0.1) is 11.3 Å². The number of halogens is 3. The van der Waals surface area contributed by atoms with Crippen molar-refractivity contribution in [2.75, 3.05) is 5.32 Å². The Kier molecular flexibility index (Phi) is 5.12. The molecule has 5 rings (SSSR count). The number of carbonyl (C=O) groups is 1. The smallest absolute Gasteiger partial charge is 0.416 e. The molecule has 4 nitrogen and oxygen atoms in total. The van der Waals surface area contributed by atoms with Gasteiger partial charge >= 0.3 is 6.18 Å². The average molecular weight is 475 g/mol. The molecule has 33 heavy (non-hydrogen) atoms. The van der Waals surface area contributed by atoms with Crippen molar-refractivity contribution in [3.63, 3.8) is 0 Å². The summed E-state index contributed by atoms with van der Waals surface area (Å²) in [5, 5.41) is 7.15. The van der Waals surface area contributed by atoms with Gasteiger partial charge in [0.05, 0.1) is 11.1 Å². The molecular formula is C25H25F3N2O2S. The van der Waals surface area contributed by atoms with Crippen LogP contribution in [0.1, 0.15) is 65.5 Å². The van der Waals surface area contributed by atoms with Crippen LogP contribution in [-0.2, 0) is 19.0 Å². The Balaban J connectivity index is 1.40. The molecule has 3 aromatic rings. The summed E-state index contributed by atoms with van der Waals surface area (Å²) in [4.78, 5) is 14.3. The first-order valence-corrected chi connectivity index (χ1v) is 11.8. The fourth-order valence-corrected chi connectivity index (χ4v) is 6.04. The van der Waals surface area contributed by atoms with Crippen molar-refractivity contribution >= 4 is 22.2 Å². The Morgan fingerprint density at radius 1 is 1.09 bits per heavy atom. The minimum absolute atomic E-state index is 0.141. The van der Waals surface area contributed by atoms with Crippen LogP contribution >= 0.6 is 11.3 Å². The van der Waals surface area contributed by atoms with Gasteiger partial charge in [-0.1, -0.05) is 32.9 Å². The predicted octanol–water partition coefficient (Wildman–Crippen LogP) is 7.03. The van der Waals surface area contributed by atoms with E-state index in [1.807, 2.05) is 0 Å². The number of alkyl halides is 3. The van der Waals surface area contributed by atoms with Gasteiger partial charge in [-0.15, -0.1) is 11.3 Å². The lowest BCUT2D eigenvalue weighted by atomic mass is 9.72. The second kappa shape index (κ2) is 7.65. The van der Waals surface area contributed by atoms with E-state index in [0.29, 0.717) is 23.0 Å². The molecule has 3 heterocycles. The second-order valence-corrected chi connectivity index (χ2v) is 11.0. The SMILES string of the molecule is CC(C)(C)[C@H]1CCc2c(sc3c2C(=O)N[C@H](c2ccc(-c4cccc(C(F)(F)F)c4)o2)N3)C1. The van der Waals surface area contributed by atoms with Gasteiger partial charge in [-0.05, 0) is 60.4 Å². The summed E-state index contributed by atoms with van der Waals surface area (Å²) < 4.78 is 45.1. The maximum Gasteiger partial charge on any atom is 0.416 e. The molecule has 2 aromatic heterocycles. The topological polar surface area (TPSA) is 54.3 Å². The van der Waals surface area contributed by atoms with Gasteiger partial charge in [-0.2, -0.15) is 13.2 Å². The Labute approximate surface area is 194 Å². The van der Waals surface area contributed by atoms with Crippen molar-refractivity contribution in [2.45, 2.75) is 52.4 Å². The van der Waals surface area contributed by atoms with Crippen LogP contribution in [0.25, 0.3) is 11.3 Å². The fraction of sp³-hybridized carbons (Fsp3) is 0.400. The number of hydrogen-bond acceptors (Lipinski definition) is 4. The molecule has 0 fully saturated rings. The predicted molar refractivity (Wildman–Crippen MR) is 122 cm³/mol. The van der Waals surface area contributed by atoms with E-state index >= 15 is 0 Å². The van der Waals surface area contributed by atoms with Crippen molar-refractivity contribution in [2.24, 2.45) is 11.3 Å². The number of amides is 1. The van der Waals surface area contributed by atoms with Gasteiger partial charge in [-0.3, -0.25) is 4.79 Å². The van der Waals surface area contributed by atoms with Crippen LogP contribution in [-0.4, -0.2) is 5.91 Å². The van der Waals surface area contributed by atoms with Crippen molar-refractivity contribution in [1.82, 2.24) is 5.32 Å². The summed E-state index contributed by atoms with van der Waals surface area (Å²) in [6.45, 7) is 6.78. The quantitative estimate of drug-likeness (QED) is 0.419. The molecule has 2 atom stereocenters. The Hall–Kier alpha value is -2.74. The number of hydrogen-bond donors (Lipinski definition) is 2. The lowest BCUT2D eigenvalue weighted by Gasteiger charge is -2.34. The fourth-order valence-electron chi connectivity index (χ4n) is 4.69. The largest absolute Gasteiger partial charge is 0.457 e. The van der Waals surface area contributed by atoms with Crippen LogP contribution in [0.2, 0.25) is 0 Å². The van der Waals surface area contributed by atoms with Crippen LogP contribution in [0.3, 0.4) is 0 Å². The molecule has 1 aliphatic carbocycles. The third-order valence-electron chi connectivity index (χ3n) is 6.65. The first-order chi connectivity index (χ1) is 15.5. The highest BCUT2D eigenvalue weighted by molar-refractivity contribution is 7.16. The van der Waals surface area contributed by atoms with E-state index in [9.17, 15) is 18.0 Å². The zero-order valence-electron chi connectivity index (χ0n) is 18.6. The van der Waals surface area contributed by atoms with Crippen LogP contribution in [0.4, 0.5) is 18.2 Å². The number of nitrogens with one attached hydrogen (secondary N) is 2. The molecular weight excluding hydrogens is 449 g/mol. The third-order valence-corrected chi connectivity index (χ3v) is 7.84. The number of carbonyl (C=O) groups excluding carboxylic acids is 1. The molecule has 0 unspecified atom stereocenters. The number of thiophene rings is 1. The van der Waals surface area contributed by atoms with Gasteiger partial charge < -0.3 is 15.1 Å². The molecule has 0 saturated heterocycles. The number of benzene rings is 1. The van der Waals surface area contributed by atoms with E-state index in [-0.39, 0.29) is 11.3 Å². The van der Waals surface area contributed by atoms with E-state index < -0.39 is 17.9 Å². The van der Waals surface area contributed by atoms with Crippen LogP contribution in [0.5, 0.6) is 0 Å². The zero-order chi connectivity index (χ0) is 23.5. The van der Waals surface area contributed by atoms with E-state index in [0.717, 1.165) is 47.5 Å². The minimum Gasteiger partial charge on any atom is -0.457 e. The number of furan rings is 1. The number of anilines is 1. The van der Waals surface area contributed by atoms with E-state index in [4.69, 9.17) is 4.42 Å². The first-order valence-electron chi connectivity index (χ1n) is 11.0. The van der Waals surface area contributed by atoms with Crippen molar-refractivity contribution in [3.8, 4) is 11.3 Å². The highest BCUT2D eigenvalue weighted by atomic mass is 32.1. The summed E-state index contributed by atoms with van der Waals surface area (Å²) >= 11 is 1.63. The molecule has 0 saturated carbocycles. The molecule has 174 valence electrons. The number of fused-ring (bicyclic) bond motifs is 3. The average Bonchev–Trinajstić information content (AvgIpc) is 3.37. The molecule has 1 aliphatic heterocycles. The highest BCUT2D eigenvalue weighted by Gasteiger charge is 2.37. The zero-order valence-corrected chi connectivity index (χ0v) is 19.4. The van der Waals surface area contributed by atoms with E-state index in [2.05, 4.69) is 31.4 Å². The molecule has 0 radical (unpaired) electrons. The summed E-state index contributed by atoms with van der Waals surface area (Å²) in [7, 11) is 0. The Bertz CT molecular complexity index is 1220. The minimum atomic E-state index is -4.43. The summed E-state index contributed by atoms with van der Waals surface area (Å²) in [5.74, 6) is 1.19. The Morgan fingerprint density at radius 3 is 2.61 bits per heavy atom. The monoisotopic (exact) mass is 474 g/mol. The van der Waals surface area contributed by atoms with Gasteiger partial charge in [0, 0.05) is 10.4 Å². The first kappa shape index (κ1) is 22.1. The van der Waals surface area contributed by atoms with Gasteiger partial charge in [0.25, 0.3) is 5.91 Å². The molecule has 1 aromatic carbocycles. The van der Waals surface area contributed by atoms with Gasteiger partial charge in [0.1, 0.15) is 16.5 Å². The Morgan fingerprint density at radius 2 is 1.88 bits per heavy atom. The summed E-state index contributed by atoms with van der Waals surface area (Å²) in [6.07, 6.45) is -2.08. The summed E-state index contributed by atoms with van der Waals surface area (Å²) in [5.41, 5.74) is 1.68. The molecule has 2 N–H and O–H groups in total. The maximum atomic E-state index is 13.1. The molecule has 2 aliphatic rings. The molecule has 0 spiro atoms. The molecule has 8 heteroatoms. The molecule has 1 amide bonds. The standard InChI is InChI=1S/C25H25F3N2O2S/c1-24(2,3)14-7-8-16-19(12-14)33-23-20(16)22(31)29-21(30-23)18-10-9-17(32-18)13-5-4-6-15(11-13)25(26,27)28/h4-6,9-11,14,21,30H,7-8,12H2,1-3H3,(H,29,31)/t14-,21-/m0/s1. The lowest BCUT2D eigenvalue weighted by molar-refractivity contribution is -0.137. The van der Waals surface area contributed by atoms with Gasteiger partial charge in [-0.25, -0.2) is 0 Å². The highest BCUT2D eigenvalue weighted by Crippen LogP contribution is 2.46.